The Morgan fingerprint density at radius 1 is 0.537 bits per heavy atom. The van der Waals surface area contributed by atoms with E-state index in [9.17, 15) is 48.6 Å². The van der Waals surface area contributed by atoms with E-state index in [1.807, 2.05) is 140 Å². The number of aliphatic carboxylic acids is 2. The minimum absolute atomic E-state index is 0.0564. The first-order valence-electron chi connectivity index (χ1n) is 26.4. The van der Waals surface area contributed by atoms with Crippen LogP contribution in [-0.4, -0.2) is 95.1 Å². The molecule has 16 nitrogen and oxygen atoms in total. The fraction of sp³-hybridized carbons (Fsp3) is 0.344. The molecule has 2 aromatic carbocycles. The highest BCUT2D eigenvalue weighted by atomic mass is 16.6. The number of Topliss-reactive ketones (excluding diaryl/α,β-unsaturated/α-hetero) is 2. The normalized spacial score (nSPS) is 19.0. The van der Waals surface area contributed by atoms with E-state index in [1.54, 1.807) is 74.5 Å². The number of carboxylic acid groups (broad SMARTS) is 2. The number of carbonyl (C=O) groups is 8. The second-order valence-corrected chi connectivity index (χ2v) is 21.2. The van der Waals surface area contributed by atoms with Crippen molar-refractivity contribution in [3.05, 3.63) is 201 Å². The van der Waals surface area contributed by atoms with Crippen LogP contribution in [-0.2, 0) is 51.1 Å². The molecule has 2 aliphatic carbocycles. The number of benzene rings is 2. The minimum Gasteiger partial charge on any atom is -0.480 e. The number of rotatable bonds is 24. The second kappa shape index (κ2) is 30.5. The van der Waals surface area contributed by atoms with E-state index >= 15 is 0 Å². The van der Waals surface area contributed by atoms with Gasteiger partial charge in [-0.15, -0.1) is 0 Å². The summed E-state index contributed by atoms with van der Waals surface area (Å²) < 4.78 is 11.0. The third-order valence-corrected chi connectivity index (χ3v) is 13.4. The van der Waals surface area contributed by atoms with Crippen LogP contribution >= 0.6 is 0 Å². The van der Waals surface area contributed by atoms with Gasteiger partial charge in [0.05, 0.1) is 0 Å². The average Bonchev–Trinajstić information content (AvgIpc) is 3.57. The lowest BCUT2D eigenvalue weighted by Gasteiger charge is -2.36. The number of carbonyl (C=O) groups excluding carboxylic acids is 6. The highest BCUT2D eigenvalue weighted by Gasteiger charge is 2.41. The summed E-state index contributed by atoms with van der Waals surface area (Å²) in [4.78, 5) is 101. The highest BCUT2D eigenvalue weighted by molar-refractivity contribution is 6.02. The Hall–Kier alpha value is -8.66. The Morgan fingerprint density at radius 2 is 0.863 bits per heavy atom. The van der Waals surface area contributed by atoms with Crippen molar-refractivity contribution in [1.82, 2.24) is 21.3 Å². The molecule has 0 spiro atoms. The van der Waals surface area contributed by atoms with Gasteiger partial charge in [-0.3, -0.25) is 19.2 Å². The van der Waals surface area contributed by atoms with E-state index < -0.39 is 84.2 Å². The fourth-order valence-corrected chi connectivity index (χ4v) is 8.98. The fourth-order valence-electron chi connectivity index (χ4n) is 8.98. The molecule has 0 aliphatic heterocycles. The molecule has 0 fully saturated rings. The number of allylic oxidation sites excluding steroid dienone is 20. The van der Waals surface area contributed by atoms with Crippen molar-refractivity contribution < 1.29 is 58.0 Å². The second-order valence-electron chi connectivity index (χ2n) is 21.2. The van der Waals surface area contributed by atoms with Crippen molar-refractivity contribution in [3.63, 3.8) is 0 Å². The molecule has 6 N–H and O–H groups in total. The van der Waals surface area contributed by atoms with E-state index in [0.717, 1.165) is 44.6 Å². The molecular weight excluding hydrogens is 1020 g/mol. The van der Waals surface area contributed by atoms with Crippen molar-refractivity contribution in [1.29, 1.82) is 0 Å². The van der Waals surface area contributed by atoms with Crippen LogP contribution in [0.25, 0.3) is 0 Å². The van der Waals surface area contributed by atoms with Crippen LogP contribution in [0, 0.1) is 10.8 Å². The Balaban J connectivity index is 1.23. The van der Waals surface area contributed by atoms with E-state index in [0.29, 0.717) is 11.1 Å². The van der Waals surface area contributed by atoms with Crippen LogP contribution < -0.4 is 21.3 Å². The molecule has 4 amide bonds. The number of urea groups is 2. The summed E-state index contributed by atoms with van der Waals surface area (Å²) in [7, 11) is 0. The number of hydrogen-bond acceptors (Lipinski definition) is 10. The van der Waals surface area contributed by atoms with Gasteiger partial charge in [-0.2, -0.15) is 0 Å². The van der Waals surface area contributed by atoms with E-state index in [-0.39, 0.29) is 37.2 Å². The quantitative estimate of drug-likeness (QED) is 0.0425. The maximum absolute atomic E-state index is 13.4. The third-order valence-electron chi connectivity index (χ3n) is 13.4. The van der Waals surface area contributed by atoms with Gasteiger partial charge in [0.1, 0.15) is 25.2 Å². The zero-order chi connectivity index (χ0) is 59.2. The molecule has 0 aromatic heterocycles. The monoisotopic (exact) mass is 1090 g/mol. The molecule has 0 bridgehead atoms. The summed E-state index contributed by atoms with van der Waals surface area (Å²) in [5.41, 5.74) is 6.93. The van der Waals surface area contributed by atoms with Crippen molar-refractivity contribution in [2.75, 3.05) is 13.1 Å². The number of amides is 4. The van der Waals surface area contributed by atoms with Gasteiger partial charge in [-0.05, 0) is 85.8 Å². The number of ketones is 2. The average molecular weight is 1090 g/mol. The summed E-state index contributed by atoms with van der Waals surface area (Å²) in [5, 5.41) is 28.5. The van der Waals surface area contributed by atoms with Crippen LogP contribution in [0.4, 0.5) is 9.59 Å². The standard InChI is InChI=1S/C64H76N4O12/c1-41(23-19-25-43(3)31-33-49-45(5)57(71)53(37-63(49,7)8)79-55(69)39-65-61(77)67-51(59(73)74)35-47-27-13-11-14-28-47)21-17-18-22-42(2)24-20-26-44(4)32-34-50-46(6)58(72)54(38-64(50,9)10)80-56(70)40-66-62(78)68-52(60(75)76)36-48-29-15-12-16-30-48/h11-34,51-54H,35-40H2,1-10H3,(H,73,74)(H,75,76)(H2,65,67,77)(H2,66,68,78)/b18-17+,23-19+,24-20+,33-31+,34-32+,41-21+,42-22+,43-25+,44-26+. The van der Waals surface area contributed by atoms with Crippen LogP contribution in [0.2, 0.25) is 0 Å². The topological polar surface area (TPSA) is 244 Å². The van der Waals surface area contributed by atoms with Gasteiger partial charge in [0.15, 0.2) is 23.8 Å². The Labute approximate surface area is 469 Å². The number of carboxylic acids is 2. The summed E-state index contributed by atoms with van der Waals surface area (Å²) in [5.74, 6) is -4.74. The zero-order valence-corrected chi connectivity index (χ0v) is 47.4. The highest BCUT2D eigenvalue weighted by Crippen LogP contribution is 2.42. The number of esters is 2. The summed E-state index contributed by atoms with van der Waals surface area (Å²) in [6.07, 6.45) is 25.9. The van der Waals surface area contributed by atoms with Crippen LogP contribution in [0.5, 0.6) is 0 Å². The lowest BCUT2D eigenvalue weighted by atomic mass is 9.71. The van der Waals surface area contributed by atoms with Gasteiger partial charge >= 0.3 is 35.9 Å². The largest absolute Gasteiger partial charge is 0.480 e. The third kappa shape index (κ3) is 20.9. The molecule has 4 atom stereocenters. The van der Waals surface area contributed by atoms with E-state index in [1.165, 1.54) is 0 Å². The van der Waals surface area contributed by atoms with E-state index in [2.05, 4.69) is 21.3 Å². The SMILES string of the molecule is CC1=C(/C=C/C(C)=C/C=C/C(C)=C/C=C/C=C(C)/C=C/C=C(C)/C=C/C2=C(C)C(=O)C(OC(=O)CNC(=O)NC(Cc3ccccc3)C(=O)O)CC2(C)C)C(C)(C)CC(OC(=O)CNC(=O)NC(Cc2ccccc2)C(=O)O)C1=O. The van der Waals surface area contributed by atoms with Crippen LogP contribution in [0.3, 0.4) is 0 Å². The Kier molecular flexibility index (Phi) is 24.3. The van der Waals surface area contributed by atoms with Gasteiger partial charge in [-0.1, -0.05) is 196 Å². The predicted molar refractivity (Wildman–Crippen MR) is 309 cm³/mol. The molecule has 2 aliphatic rings. The van der Waals surface area contributed by atoms with Crippen LogP contribution in [0.1, 0.15) is 93.2 Å². The molecule has 424 valence electrons. The molecule has 4 unspecified atom stereocenters. The van der Waals surface area contributed by atoms with Gasteiger partial charge in [0.25, 0.3) is 0 Å². The van der Waals surface area contributed by atoms with Crippen LogP contribution in [0.15, 0.2) is 190 Å². The summed E-state index contributed by atoms with van der Waals surface area (Å²) in [6.45, 7) is 18.1. The molecule has 2 aromatic rings. The molecule has 4 rings (SSSR count). The van der Waals surface area contributed by atoms with Crippen molar-refractivity contribution in [2.45, 2.75) is 119 Å². The lowest BCUT2D eigenvalue weighted by molar-refractivity contribution is -0.155. The predicted octanol–water partition coefficient (Wildman–Crippen LogP) is 10.00. The smallest absolute Gasteiger partial charge is 0.326 e. The maximum atomic E-state index is 13.4. The molecule has 0 radical (unpaired) electrons. The Bertz CT molecular complexity index is 2780. The first-order chi connectivity index (χ1) is 37.8. The number of ether oxygens (including phenoxy) is 2. The molecular formula is C64H76N4O12. The minimum atomic E-state index is -1.22. The summed E-state index contributed by atoms with van der Waals surface area (Å²) >= 11 is 0. The summed E-state index contributed by atoms with van der Waals surface area (Å²) in [6, 6.07) is 13.5. The molecule has 80 heavy (non-hydrogen) atoms. The maximum Gasteiger partial charge on any atom is 0.326 e. The molecule has 16 heteroatoms. The van der Waals surface area contributed by atoms with Crippen molar-refractivity contribution in [3.8, 4) is 0 Å². The van der Waals surface area contributed by atoms with E-state index in [4.69, 9.17) is 9.47 Å². The van der Waals surface area contributed by atoms with Crippen molar-refractivity contribution >= 4 is 47.5 Å². The first kappa shape index (κ1) is 63.9. The van der Waals surface area contributed by atoms with Gasteiger partial charge in [0.2, 0.25) is 0 Å². The Morgan fingerprint density at radius 3 is 1.20 bits per heavy atom. The molecule has 0 saturated heterocycles. The molecule has 0 heterocycles. The van der Waals surface area contributed by atoms with Gasteiger partial charge in [-0.25, -0.2) is 19.2 Å². The first-order valence-corrected chi connectivity index (χ1v) is 26.4. The number of hydrogen-bond donors (Lipinski definition) is 6. The van der Waals surface area contributed by atoms with Gasteiger partial charge in [0, 0.05) is 25.7 Å². The van der Waals surface area contributed by atoms with Crippen molar-refractivity contribution in [2.24, 2.45) is 10.8 Å². The van der Waals surface area contributed by atoms with Gasteiger partial charge < -0.3 is 41.0 Å². The zero-order valence-electron chi connectivity index (χ0n) is 47.4. The lowest BCUT2D eigenvalue weighted by Crippen LogP contribution is -2.48. The number of nitrogens with one attached hydrogen (secondary N) is 4. The molecule has 0 saturated carbocycles.